The van der Waals surface area contributed by atoms with Gasteiger partial charge in [0.25, 0.3) is 0 Å². The van der Waals surface area contributed by atoms with Gasteiger partial charge in [-0.2, -0.15) is 0 Å². The van der Waals surface area contributed by atoms with E-state index in [1.54, 1.807) is 0 Å². The minimum atomic E-state index is -1.49. The average Bonchev–Trinajstić information content (AvgIpc) is 2.72. The third kappa shape index (κ3) is 1.53. The summed E-state index contributed by atoms with van der Waals surface area (Å²) in [5.74, 6) is 0. The summed E-state index contributed by atoms with van der Waals surface area (Å²) in [5, 5.41) is 1.47. The lowest BCUT2D eigenvalue weighted by molar-refractivity contribution is 1.17. The molecule has 0 spiro atoms. The van der Waals surface area contributed by atoms with Crippen molar-refractivity contribution >= 4 is 13.4 Å². The summed E-state index contributed by atoms with van der Waals surface area (Å²) in [6.45, 7) is 4.73. The highest BCUT2D eigenvalue weighted by Crippen LogP contribution is 2.07. The lowest BCUT2D eigenvalue weighted by Crippen LogP contribution is -2.48. The summed E-state index contributed by atoms with van der Waals surface area (Å²) in [5.41, 5.74) is 0. The van der Waals surface area contributed by atoms with Crippen molar-refractivity contribution in [2.75, 3.05) is 0 Å². The van der Waals surface area contributed by atoms with Crippen LogP contribution in [0.4, 0.5) is 0 Å². The molecule has 0 aliphatic heterocycles. The molecule has 0 bridgehead atoms. The Balaban J connectivity index is 2.43. The molecule has 1 aromatic carbocycles. The van der Waals surface area contributed by atoms with Gasteiger partial charge in [0.15, 0.2) is 8.24 Å². The first-order valence-corrected chi connectivity index (χ1v) is 7.85. The Hall–Kier alpha value is -1.28. The van der Waals surface area contributed by atoms with Crippen molar-refractivity contribution < 1.29 is 0 Å². The molecule has 0 saturated heterocycles. The van der Waals surface area contributed by atoms with Gasteiger partial charge in [-0.25, -0.2) is 0 Å². The SMILES string of the molecule is C[Si](C)(c1ccccc1)n1cccc1. The van der Waals surface area contributed by atoms with Crippen LogP contribution in [0.25, 0.3) is 0 Å². The van der Waals surface area contributed by atoms with Crippen molar-refractivity contribution in [3.63, 3.8) is 0 Å². The van der Waals surface area contributed by atoms with Gasteiger partial charge in [-0.15, -0.1) is 0 Å². The van der Waals surface area contributed by atoms with Gasteiger partial charge in [0.2, 0.25) is 0 Å². The lowest BCUT2D eigenvalue weighted by atomic mass is 10.4. The summed E-state index contributed by atoms with van der Waals surface area (Å²) in [7, 11) is -1.49. The van der Waals surface area contributed by atoms with Crippen LogP contribution in [0.15, 0.2) is 54.9 Å². The molecule has 1 aromatic heterocycles. The molecule has 0 amide bonds. The van der Waals surface area contributed by atoms with E-state index in [4.69, 9.17) is 0 Å². The second kappa shape index (κ2) is 3.46. The second-order valence-electron chi connectivity index (χ2n) is 4.02. The minimum Gasteiger partial charge on any atom is -0.376 e. The fourth-order valence-electron chi connectivity index (χ4n) is 1.70. The fourth-order valence-corrected chi connectivity index (χ4v) is 3.93. The Morgan fingerprint density at radius 3 is 2.00 bits per heavy atom. The minimum absolute atomic E-state index is 1.47. The van der Waals surface area contributed by atoms with Crippen LogP contribution < -0.4 is 5.19 Å². The molecule has 2 heteroatoms. The van der Waals surface area contributed by atoms with Crippen molar-refractivity contribution in [2.24, 2.45) is 0 Å². The van der Waals surface area contributed by atoms with E-state index in [-0.39, 0.29) is 0 Å². The zero-order valence-corrected chi connectivity index (χ0v) is 9.64. The molecule has 0 N–H and O–H groups in total. The molecule has 14 heavy (non-hydrogen) atoms. The smallest absolute Gasteiger partial charge is 0.186 e. The van der Waals surface area contributed by atoms with E-state index in [1.165, 1.54) is 5.19 Å². The first-order chi connectivity index (χ1) is 6.71. The van der Waals surface area contributed by atoms with Crippen LogP contribution in [-0.2, 0) is 0 Å². The van der Waals surface area contributed by atoms with Gasteiger partial charge < -0.3 is 4.23 Å². The Morgan fingerprint density at radius 1 is 0.857 bits per heavy atom. The van der Waals surface area contributed by atoms with E-state index in [2.05, 4.69) is 72.2 Å². The van der Waals surface area contributed by atoms with E-state index in [0.29, 0.717) is 0 Å². The maximum Gasteiger partial charge on any atom is 0.186 e. The van der Waals surface area contributed by atoms with Crippen LogP contribution >= 0.6 is 0 Å². The van der Waals surface area contributed by atoms with Gasteiger partial charge in [0, 0.05) is 0 Å². The zero-order valence-electron chi connectivity index (χ0n) is 8.64. The monoisotopic (exact) mass is 201 g/mol. The Morgan fingerprint density at radius 2 is 1.43 bits per heavy atom. The van der Waals surface area contributed by atoms with Crippen LogP contribution in [0.1, 0.15) is 0 Å². The number of hydrogen-bond acceptors (Lipinski definition) is 0. The number of nitrogens with zero attached hydrogens (tertiary/aromatic N) is 1. The van der Waals surface area contributed by atoms with Crippen molar-refractivity contribution in [1.29, 1.82) is 0 Å². The number of rotatable bonds is 2. The molecule has 2 aromatic rings. The van der Waals surface area contributed by atoms with E-state index in [1.807, 2.05) is 0 Å². The quantitative estimate of drug-likeness (QED) is 0.658. The van der Waals surface area contributed by atoms with Gasteiger partial charge in [-0.3, -0.25) is 0 Å². The summed E-state index contributed by atoms with van der Waals surface area (Å²) in [4.78, 5) is 0. The number of aromatic nitrogens is 1. The van der Waals surface area contributed by atoms with Gasteiger partial charge in [-0.05, 0) is 42.8 Å². The summed E-state index contributed by atoms with van der Waals surface area (Å²) in [6, 6.07) is 15.0. The molecule has 0 saturated carbocycles. The Kier molecular flexibility index (Phi) is 2.29. The number of hydrogen-bond donors (Lipinski definition) is 0. The van der Waals surface area contributed by atoms with Crippen LogP contribution in [0.5, 0.6) is 0 Å². The first-order valence-electron chi connectivity index (χ1n) is 4.90. The molecule has 0 aliphatic rings. The van der Waals surface area contributed by atoms with Gasteiger partial charge in [0.1, 0.15) is 0 Å². The predicted molar refractivity (Wildman–Crippen MR) is 63.4 cm³/mol. The van der Waals surface area contributed by atoms with Crippen LogP contribution in [0.3, 0.4) is 0 Å². The summed E-state index contributed by atoms with van der Waals surface area (Å²) < 4.78 is 2.36. The maximum absolute atomic E-state index is 2.36. The maximum atomic E-state index is 2.36. The average molecular weight is 201 g/mol. The molecule has 2 rings (SSSR count). The predicted octanol–water partition coefficient (Wildman–Crippen LogP) is 2.45. The van der Waals surface area contributed by atoms with E-state index < -0.39 is 8.24 Å². The van der Waals surface area contributed by atoms with Crippen LogP contribution in [-0.4, -0.2) is 12.5 Å². The lowest BCUT2D eigenvalue weighted by Gasteiger charge is -2.24. The molecule has 0 atom stereocenters. The number of benzene rings is 1. The highest BCUT2D eigenvalue weighted by atomic mass is 28.3. The van der Waals surface area contributed by atoms with Crippen LogP contribution in [0, 0.1) is 0 Å². The van der Waals surface area contributed by atoms with E-state index in [0.717, 1.165) is 0 Å². The second-order valence-corrected chi connectivity index (χ2v) is 8.23. The third-order valence-electron chi connectivity index (χ3n) is 2.73. The van der Waals surface area contributed by atoms with E-state index in [9.17, 15) is 0 Å². The standard InChI is InChI=1S/C12H15NSi/c1-14(2,13-10-6-7-11-13)12-8-4-3-5-9-12/h3-11H,1-2H3. The Labute approximate surface area is 86.1 Å². The van der Waals surface area contributed by atoms with E-state index >= 15 is 0 Å². The van der Waals surface area contributed by atoms with Crippen molar-refractivity contribution in [3.05, 3.63) is 54.9 Å². The molecular weight excluding hydrogens is 186 g/mol. The summed E-state index contributed by atoms with van der Waals surface area (Å²) in [6.07, 6.45) is 4.33. The molecule has 1 heterocycles. The zero-order chi connectivity index (χ0) is 10.0. The van der Waals surface area contributed by atoms with Gasteiger partial charge in [0.05, 0.1) is 0 Å². The largest absolute Gasteiger partial charge is 0.376 e. The van der Waals surface area contributed by atoms with Gasteiger partial charge in [-0.1, -0.05) is 30.3 Å². The first kappa shape index (κ1) is 9.28. The fraction of sp³-hybridized carbons (Fsp3) is 0.167. The molecule has 0 radical (unpaired) electrons. The molecule has 0 aliphatic carbocycles. The molecule has 0 fully saturated rings. The normalized spacial score (nSPS) is 11.6. The highest BCUT2D eigenvalue weighted by Gasteiger charge is 2.24. The molecule has 0 unspecified atom stereocenters. The van der Waals surface area contributed by atoms with Crippen molar-refractivity contribution in [1.82, 2.24) is 4.23 Å². The summed E-state index contributed by atoms with van der Waals surface area (Å²) >= 11 is 0. The Bertz CT molecular complexity index is 390. The molecule has 1 nitrogen and oxygen atoms in total. The van der Waals surface area contributed by atoms with Crippen molar-refractivity contribution in [3.8, 4) is 0 Å². The van der Waals surface area contributed by atoms with Crippen LogP contribution in [0.2, 0.25) is 13.1 Å². The third-order valence-corrected chi connectivity index (χ3v) is 6.07. The van der Waals surface area contributed by atoms with Crippen molar-refractivity contribution in [2.45, 2.75) is 13.1 Å². The topological polar surface area (TPSA) is 4.93 Å². The van der Waals surface area contributed by atoms with Gasteiger partial charge >= 0.3 is 0 Å². The molecular formula is C12H15NSi. The molecule has 72 valence electrons. The highest BCUT2D eigenvalue weighted by molar-refractivity contribution is 6.88.